The highest BCUT2D eigenvalue weighted by molar-refractivity contribution is 5.76. The first-order chi connectivity index (χ1) is 11.6. The van der Waals surface area contributed by atoms with E-state index in [9.17, 15) is 9.90 Å². The number of rotatable bonds is 4. The smallest absolute Gasteiger partial charge is 0.317 e. The van der Waals surface area contributed by atoms with E-state index in [0.717, 1.165) is 36.1 Å². The molecular formula is C18H26N4O2. The standard InChI is InChI=1S/C18H26N4O2/c1-3-18(12-23)8-10-22(11-9-18)17(24)19-13(2)16-20-14-6-4-5-7-15(14)21-16/h4-7,13,23H,3,8-12H2,1-2H3,(H,19,24)(H,20,21). The molecule has 1 aliphatic heterocycles. The van der Waals surface area contributed by atoms with Gasteiger partial charge in [-0.05, 0) is 43.7 Å². The topological polar surface area (TPSA) is 81.2 Å². The molecule has 1 unspecified atom stereocenters. The molecule has 3 N–H and O–H groups in total. The summed E-state index contributed by atoms with van der Waals surface area (Å²) in [6.07, 6.45) is 2.66. The summed E-state index contributed by atoms with van der Waals surface area (Å²) in [6.45, 7) is 5.62. The van der Waals surface area contributed by atoms with Crippen LogP contribution >= 0.6 is 0 Å². The number of fused-ring (bicyclic) bond motifs is 1. The predicted octanol–water partition coefficient (Wildman–Crippen LogP) is 2.82. The van der Waals surface area contributed by atoms with Gasteiger partial charge in [0.25, 0.3) is 0 Å². The highest BCUT2D eigenvalue weighted by Gasteiger charge is 2.34. The van der Waals surface area contributed by atoms with Crippen LogP contribution in [0.25, 0.3) is 11.0 Å². The van der Waals surface area contributed by atoms with E-state index < -0.39 is 0 Å². The number of nitrogens with zero attached hydrogens (tertiary/aromatic N) is 2. The van der Waals surface area contributed by atoms with Crippen LogP contribution in [0.4, 0.5) is 4.79 Å². The van der Waals surface area contributed by atoms with Gasteiger partial charge in [0.2, 0.25) is 0 Å². The molecule has 0 radical (unpaired) electrons. The van der Waals surface area contributed by atoms with E-state index in [2.05, 4.69) is 22.2 Å². The van der Waals surface area contributed by atoms with E-state index in [1.165, 1.54) is 0 Å². The van der Waals surface area contributed by atoms with Gasteiger partial charge in [0.15, 0.2) is 0 Å². The van der Waals surface area contributed by atoms with Crippen LogP contribution < -0.4 is 5.32 Å². The second-order valence-electron chi connectivity index (χ2n) is 6.81. The zero-order valence-corrected chi connectivity index (χ0v) is 14.4. The predicted molar refractivity (Wildman–Crippen MR) is 93.7 cm³/mol. The number of benzene rings is 1. The maximum atomic E-state index is 12.5. The molecule has 0 aliphatic carbocycles. The second kappa shape index (κ2) is 6.81. The zero-order chi connectivity index (χ0) is 17.2. The van der Waals surface area contributed by atoms with Crippen molar-refractivity contribution >= 4 is 17.1 Å². The van der Waals surface area contributed by atoms with Crippen LogP contribution in [0.3, 0.4) is 0 Å². The average molecular weight is 330 g/mol. The molecule has 1 aromatic heterocycles. The molecule has 0 bridgehead atoms. The van der Waals surface area contributed by atoms with Crippen molar-refractivity contribution in [3.63, 3.8) is 0 Å². The quantitative estimate of drug-likeness (QED) is 0.806. The number of urea groups is 1. The molecule has 2 heterocycles. The maximum Gasteiger partial charge on any atom is 0.317 e. The molecule has 1 atom stereocenters. The minimum Gasteiger partial charge on any atom is -0.396 e. The molecule has 6 heteroatoms. The van der Waals surface area contributed by atoms with E-state index in [-0.39, 0.29) is 24.1 Å². The Morgan fingerprint density at radius 1 is 1.42 bits per heavy atom. The van der Waals surface area contributed by atoms with Crippen LogP contribution in [0.1, 0.15) is 45.0 Å². The number of aliphatic hydroxyl groups excluding tert-OH is 1. The monoisotopic (exact) mass is 330 g/mol. The molecule has 3 rings (SSSR count). The molecule has 2 aromatic rings. The van der Waals surface area contributed by atoms with Crippen molar-refractivity contribution in [1.29, 1.82) is 0 Å². The lowest BCUT2D eigenvalue weighted by Crippen LogP contribution is -2.48. The van der Waals surface area contributed by atoms with E-state index >= 15 is 0 Å². The lowest BCUT2D eigenvalue weighted by atomic mass is 9.77. The van der Waals surface area contributed by atoms with E-state index in [0.29, 0.717) is 13.1 Å². The number of hydrogen-bond donors (Lipinski definition) is 3. The first-order valence-electron chi connectivity index (χ1n) is 8.68. The number of piperidine rings is 1. The van der Waals surface area contributed by atoms with Gasteiger partial charge in [-0.25, -0.2) is 9.78 Å². The van der Waals surface area contributed by atoms with Crippen molar-refractivity contribution in [2.75, 3.05) is 19.7 Å². The molecule has 6 nitrogen and oxygen atoms in total. The van der Waals surface area contributed by atoms with Crippen LogP contribution in [0.2, 0.25) is 0 Å². The number of H-pyrrole nitrogens is 1. The van der Waals surface area contributed by atoms with Gasteiger partial charge < -0.3 is 20.3 Å². The molecule has 130 valence electrons. The van der Waals surface area contributed by atoms with Gasteiger partial charge in [-0.1, -0.05) is 19.1 Å². The Hall–Kier alpha value is -2.08. The van der Waals surface area contributed by atoms with E-state index in [1.54, 1.807) is 0 Å². The molecule has 1 fully saturated rings. The summed E-state index contributed by atoms with van der Waals surface area (Å²) in [4.78, 5) is 22.1. The molecule has 1 aliphatic rings. The fourth-order valence-corrected chi connectivity index (χ4v) is 3.33. The van der Waals surface area contributed by atoms with Crippen molar-refractivity contribution in [3.8, 4) is 0 Å². The lowest BCUT2D eigenvalue weighted by molar-refractivity contribution is 0.0515. The number of aliphatic hydroxyl groups is 1. The van der Waals surface area contributed by atoms with Gasteiger partial charge in [0, 0.05) is 19.7 Å². The molecule has 24 heavy (non-hydrogen) atoms. The minimum absolute atomic E-state index is 0.0128. The number of aromatic nitrogens is 2. The number of para-hydroxylation sites is 2. The number of nitrogens with one attached hydrogen (secondary N) is 2. The first-order valence-corrected chi connectivity index (χ1v) is 8.68. The van der Waals surface area contributed by atoms with Gasteiger partial charge in [0.1, 0.15) is 5.82 Å². The second-order valence-corrected chi connectivity index (χ2v) is 6.81. The number of aromatic amines is 1. The molecule has 1 saturated heterocycles. The summed E-state index contributed by atoms with van der Waals surface area (Å²) in [5.74, 6) is 0.764. The fraction of sp³-hybridized carbons (Fsp3) is 0.556. The number of imidazole rings is 1. The molecule has 0 saturated carbocycles. The summed E-state index contributed by atoms with van der Waals surface area (Å²) in [6, 6.07) is 7.59. The summed E-state index contributed by atoms with van der Waals surface area (Å²) in [5, 5.41) is 12.6. The van der Waals surface area contributed by atoms with Crippen LogP contribution in [-0.4, -0.2) is 45.7 Å². The van der Waals surface area contributed by atoms with Gasteiger partial charge in [-0.15, -0.1) is 0 Å². The summed E-state index contributed by atoms with van der Waals surface area (Å²) >= 11 is 0. The Balaban J connectivity index is 1.60. The fourth-order valence-electron chi connectivity index (χ4n) is 3.33. The van der Waals surface area contributed by atoms with E-state index in [4.69, 9.17) is 0 Å². The SMILES string of the molecule is CCC1(CO)CCN(C(=O)NC(C)c2nc3ccccc3[nH]2)CC1. The van der Waals surface area contributed by atoms with Crippen molar-refractivity contribution in [1.82, 2.24) is 20.2 Å². The average Bonchev–Trinajstić information content (AvgIpc) is 3.06. The van der Waals surface area contributed by atoms with Crippen LogP contribution in [0.5, 0.6) is 0 Å². The number of carbonyl (C=O) groups excluding carboxylic acids is 1. The van der Waals surface area contributed by atoms with Gasteiger partial charge in [-0.3, -0.25) is 0 Å². The van der Waals surface area contributed by atoms with E-state index in [1.807, 2.05) is 36.1 Å². The van der Waals surface area contributed by atoms with Gasteiger partial charge in [-0.2, -0.15) is 0 Å². The summed E-state index contributed by atoms with van der Waals surface area (Å²) < 4.78 is 0. The summed E-state index contributed by atoms with van der Waals surface area (Å²) in [7, 11) is 0. The number of likely N-dealkylation sites (tertiary alicyclic amines) is 1. The third kappa shape index (κ3) is 3.24. The normalized spacial score (nSPS) is 18.5. The summed E-state index contributed by atoms with van der Waals surface area (Å²) in [5.41, 5.74) is 1.87. The lowest BCUT2D eigenvalue weighted by Gasteiger charge is -2.40. The Labute approximate surface area is 142 Å². The highest BCUT2D eigenvalue weighted by Crippen LogP contribution is 2.34. The first kappa shape index (κ1) is 16.8. The third-order valence-corrected chi connectivity index (χ3v) is 5.35. The van der Waals surface area contributed by atoms with Crippen LogP contribution in [-0.2, 0) is 0 Å². The Bertz CT molecular complexity index is 665. The van der Waals surface area contributed by atoms with Crippen molar-refractivity contribution in [2.45, 2.75) is 39.2 Å². The maximum absolute atomic E-state index is 12.5. The Morgan fingerprint density at radius 3 is 2.75 bits per heavy atom. The molecule has 1 aromatic carbocycles. The molecular weight excluding hydrogens is 304 g/mol. The van der Waals surface area contributed by atoms with Crippen molar-refractivity contribution in [3.05, 3.63) is 30.1 Å². The minimum atomic E-state index is -0.180. The largest absolute Gasteiger partial charge is 0.396 e. The third-order valence-electron chi connectivity index (χ3n) is 5.35. The number of carbonyl (C=O) groups is 1. The Morgan fingerprint density at radius 2 is 2.12 bits per heavy atom. The highest BCUT2D eigenvalue weighted by atomic mass is 16.3. The zero-order valence-electron chi connectivity index (χ0n) is 14.4. The molecule has 2 amide bonds. The number of hydrogen-bond acceptors (Lipinski definition) is 3. The van der Waals surface area contributed by atoms with Crippen molar-refractivity contribution in [2.24, 2.45) is 5.41 Å². The van der Waals surface area contributed by atoms with Crippen LogP contribution in [0.15, 0.2) is 24.3 Å². The van der Waals surface area contributed by atoms with Gasteiger partial charge in [0.05, 0.1) is 17.1 Å². The molecule has 0 spiro atoms. The van der Waals surface area contributed by atoms with Crippen LogP contribution in [0, 0.1) is 5.41 Å². The van der Waals surface area contributed by atoms with Gasteiger partial charge >= 0.3 is 6.03 Å². The Kier molecular flexibility index (Phi) is 4.76. The van der Waals surface area contributed by atoms with Crippen molar-refractivity contribution < 1.29 is 9.90 Å². The number of amides is 2.